The van der Waals surface area contributed by atoms with Crippen LogP contribution in [0.5, 0.6) is 0 Å². The van der Waals surface area contributed by atoms with Gasteiger partial charge in [0.05, 0.1) is 0 Å². The molecule has 0 radical (unpaired) electrons. The standard InChI is InChI=1S/C9H16ClNO2S/c10-7-14(12,13)11-8-1-3-9(4-2-8)5-6-9/h8,11H,1-7H2. The molecular weight excluding hydrogens is 222 g/mol. The first-order valence-electron chi connectivity index (χ1n) is 5.11. The number of alkyl halides is 1. The fraction of sp³-hybridized carbons (Fsp3) is 1.00. The Bertz CT molecular complexity index is 301. The molecule has 1 N–H and O–H groups in total. The van der Waals surface area contributed by atoms with Gasteiger partial charge >= 0.3 is 0 Å². The number of rotatable bonds is 3. The van der Waals surface area contributed by atoms with Crippen molar-refractivity contribution in [3.05, 3.63) is 0 Å². The van der Waals surface area contributed by atoms with Crippen LogP contribution in [0.3, 0.4) is 0 Å². The van der Waals surface area contributed by atoms with Gasteiger partial charge in [-0.15, -0.1) is 11.6 Å². The Kier molecular flexibility index (Phi) is 2.79. The van der Waals surface area contributed by atoms with E-state index in [2.05, 4.69) is 4.72 Å². The summed E-state index contributed by atoms with van der Waals surface area (Å²) >= 11 is 5.33. The van der Waals surface area contributed by atoms with Gasteiger partial charge in [0, 0.05) is 6.04 Å². The lowest BCUT2D eigenvalue weighted by molar-refractivity contribution is 0.294. The Morgan fingerprint density at radius 1 is 1.21 bits per heavy atom. The fourth-order valence-corrected chi connectivity index (χ4v) is 3.31. The molecule has 2 aliphatic rings. The van der Waals surface area contributed by atoms with Gasteiger partial charge in [-0.1, -0.05) is 0 Å². The van der Waals surface area contributed by atoms with Gasteiger partial charge in [-0.25, -0.2) is 13.1 Å². The first-order chi connectivity index (χ1) is 6.55. The summed E-state index contributed by atoms with van der Waals surface area (Å²) in [4.78, 5) is 0. The summed E-state index contributed by atoms with van der Waals surface area (Å²) < 4.78 is 25.1. The zero-order valence-electron chi connectivity index (χ0n) is 8.13. The van der Waals surface area contributed by atoms with E-state index in [1.165, 1.54) is 25.7 Å². The summed E-state index contributed by atoms with van der Waals surface area (Å²) in [6, 6.07) is 0.130. The van der Waals surface area contributed by atoms with Crippen LogP contribution in [-0.2, 0) is 10.0 Å². The number of nitrogens with one attached hydrogen (secondary N) is 1. The van der Waals surface area contributed by atoms with Crippen molar-refractivity contribution in [3.63, 3.8) is 0 Å². The molecule has 2 aliphatic carbocycles. The first kappa shape index (κ1) is 10.7. The highest BCUT2D eigenvalue weighted by molar-refractivity contribution is 7.90. The van der Waals surface area contributed by atoms with E-state index in [-0.39, 0.29) is 11.3 Å². The van der Waals surface area contributed by atoms with Crippen LogP contribution in [0.2, 0.25) is 0 Å². The van der Waals surface area contributed by atoms with Crippen LogP contribution in [0.25, 0.3) is 0 Å². The molecule has 0 aliphatic heterocycles. The highest BCUT2D eigenvalue weighted by Gasteiger charge is 2.45. The van der Waals surface area contributed by atoms with Gasteiger partial charge in [-0.05, 0) is 43.9 Å². The van der Waals surface area contributed by atoms with Crippen molar-refractivity contribution in [1.82, 2.24) is 4.72 Å². The van der Waals surface area contributed by atoms with Crippen molar-refractivity contribution in [2.75, 3.05) is 5.21 Å². The molecule has 0 atom stereocenters. The van der Waals surface area contributed by atoms with Gasteiger partial charge in [-0.2, -0.15) is 0 Å². The van der Waals surface area contributed by atoms with Gasteiger partial charge in [0.1, 0.15) is 5.21 Å². The van der Waals surface area contributed by atoms with Crippen LogP contribution in [0, 0.1) is 5.41 Å². The van der Waals surface area contributed by atoms with E-state index in [0.717, 1.165) is 12.8 Å². The minimum absolute atomic E-state index is 0.130. The van der Waals surface area contributed by atoms with E-state index in [9.17, 15) is 8.42 Å². The first-order valence-corrected chi connectivity index (χ1v) is 7.30. The molecule has 14 heavy (non-hydrogen) atoms. The Morgan fingerprint density at radius 2 is 1.79 bits per heavy atom. The van der Waals surface area contributed by atoms with Crippen LogP contribution < -0.4 is 4.72 Å². The fourth-order valence-electron chi connectivity index (χ4n) is 2.31. The molecule has 2 rings (SSSR count). The minimum Gasteiger partial charge on any atom is -0.211 e. The van der Waals surface area contributed by atoms with Crippen LogP contribution in [0.4, 0.5) is 0 Å². The number of hydrogen-bond acceptors (Lipinski definition) is 2. The van der Waals surface area contributed by atoms with Gasteiger partial charge < -0.3 is 0 Å². The predicted octanol–water partition coefficient (Wildman–Crippen LogP) is 1.82. The predicted molar refractivity (Wildman–Crippen MR) is 56.7 cm³/mol. The Hall–Kier alpha value is 0.200. The smallest absolute Gasteiger partial charge is 0.211 e. The van der Waals surface area contributed by atoms with Crippen LogP contribution in [0.1, 0.15) is 38.5 Å². The quantitative estimate of drug-likeness (QED) is 0.762. The van der Waals surface area contributed by atoms with Gasteiger partial charge in [0.25, 0.3) is 0 Å². The van der Waals surface area contributed by atoms with E-state index in [1.54, 1.807) is 0 Å². The van der Waals surface area contributed by atoms with Crippen molar-refractivity contribution in [3.8, 4) is 0 Å². The van der Waals surface area contributed by atoms with E-state index in [4.69, 9.17) is 11.6 Å². The molecule has 1 spiro atoms. The van der Waals surface area contributed by atoms with Gasteiger partial charge in [0.2, 0.25) is 10.0 Å². The maximum Gasteiger partial charge on any atom is 0.225 e. The zero-order chi connectivity index (χ0) is 10.2. The molecule has 0 amide bonds. The van der Waals surface area contributed by atoms with Crippen molar-refractivity contribution < 1.29 is 8.42 Å². The maximum atomic E-state index is 11.2. The SMILES string of the molecule is O=S(=O)(CCl)NC1CCC2(CC1)CC2. The van der Waals surface area contributed by atoms with E-state index in [1.807, 2.05) is 0 Å². The average molecular weight is 238 g/mol. The van der Waals surface area contributed by atoms with E-state index in [0.29, 0.717) is 5.41 Å². The second-order valence-corrected chi connectivity index (χ2v) is 6.95. The third-order valence-corrected chi connectivity index (χ3v) is 5.33. The lowest BCUT2D eigenvalue weighted by Gasteiger charge is -2.28. The summed E-state index contributed by atoms with van der Waals surface area (Å²) in [6.45, 7) is 0. The molecule has 0 aromatic heterocycles. The van der Waals surface area contributed by atoms with Crippen LogP contribution in [0.15, 0.2) is 0 Å². The van der Waals surface area contributed by atoms with Crippen molar-refractivity contribution in [2.24, 2.45) is 5.41 Å². The summed E-state index contributed by atoms with van der Waals surface area (Å²) in [5.41, 5.74) is 0.614. The molecular formula is C9H16ClNO2S. The largest absolute Gasteiger partial charge is 0.225 e. The third-order valence-electron chi connectivity index (χ3n) is 3.49. The van der Waals surface area contributed by atoms with Crippen molar-refractivity contribution in [1.29, 1.82) is 0 Å². The molecule has 2 saturated carbocycles. The summed E-state index contributed by atoms with van der Waals surface area (Å²) in [6.07, 6.45) is 7.03. The zero-order valence-corrected chi connectivity index (χ0v) is 9.70. The van der Waals surface area contributed by atoms with Crippen LogP contribution >= 0.6 is 11.6 Å². The van der Waals surface area contributed by atoms with Crippen LogP contribution in [-0.4, -0.2) is 19.7 Å². The number of sulfonamides is 1. The molecule has 0 aromatic carbocycles. The number of hydrogen-bond donors (Lipinski definition) is 1. The Balaban J connectivity index is 1.84. The maximum absolute atomic E-state index is 11.2. The molecule has 5 heteroatoms. The number of halogens is 1. The topological polar surface area (TPSA) is 46.2 Å². The molecule has 82 valence electrons. The minimum atomic E-state index is -3.22. The molecule has 0 aromatic rings. The Labute approximate surface area is 90.3 Å². The van der Waals surface area contributed by atoms with E-state index >= 15 is 0 Å². The highest BCUT2D eigenvalue weighted by Crippen LogP contribution is 2.56. The molecule has 0 unspecified atom stereocenters. The van der Waals surface area contributed by atoms with E-state index < -0.39 is 10.0 Å². The average Bonchev–Trinajstić information content (AvgIpc) is 2.90. The summed E-state index contributed by atoms with van der Waals surface area (Å²) in [7, 11) is -3.22. The Morgan fingerprint density at radius 3 is 2.21 bits per heavy atom. The van der Waals surface area contributed by atoms with Crippen molar-refractivity contribution in [2.45, 2.75) is 44.6 Å². The van der Waals surface area contributed by atoms with Gasteiger partial charge in [0.15, 0.2) is 0 Å². The molecule has 0 saturated heterocycles. The summed E-state index contributed by atoms with van der Waals surface area (Å²) in [5, 5.41) is -0.325. The van der Waals surface area contributed by atoms with Gasteiger partial charge in [-0.3, -0.25) is 0 Å². The van der Waals surface area contributed by atoms with Crippen molar-refractivity contribution >= 4 is 21.6 Å². The molecule has 3 nitrogen and oxygen atoms in total. The second-order valence-electron chi connectivity index (χ2n) is 4.62. The summed E-state index contributed by atoms with van der Waals surface area (Å²) in [5.74, 6) is 0. The third kappa shape index (κ3) is 2.41. The highest BCUT2D eigenvalue weighted by atomic mass is 35.5. The molecule has 0 heterocycles. The lowest BCUT2D eigenvalue weighted by atomic mass is 9.84. The molecule has 2 fully saturated rings. The second kappa shape index (κ2) is 3.65. The normalized spacial score (nSPS) is 26.6. The molecule has 0 bridgehead atoms. The lowest BCUT2D eigenvalue weighted by Crippen LogP contribution is -2.38. The monoisotopic (exact) mass is 237 g/mol.